The van der Waals surface area contributed by atoms with Gasteiger partial charge in [-0.3, -0.25) is 4.79 Å². The molecule has 136 valence electrons. The van der Waals surface area contributed by atoms with Gasteiger partial charge in [0.15, 0.2) is 11.5 Å². The molecule has 27 heavy (non-hydrogen) atoms. The summed E-state index contributed by atoms with van der Waals surface area (Å²) in [6, 6.07) is 11.3. The minimum absolute atomic E-state index is 0.188. The molecule has 1 aliphatic heterocycles. The van der Waals surface area contributed by atoms with Crippen LogP contribution in [0.1, 0.15) is 21.6 Å². The quantitative estimate of drug-likeness (QED) is 0.734. The summed E-state index contributed by atoms with van der Waals surface area (Å²) in [6.45, 7) is 4.24. The van der Waals surface area contributed by atoms with Gasteiger partial charge in [-0.05, 0) is 37.1 Å². The predicted octanol–water partition coefficient (Wildman–Crippen LogP) is 3.82. The molecule has 0 bridgehead atoms. The molecule has 2 aromatic carbocycles. The zero-order valence-corrected chi connectivity index (χ0v) is 14.9. The lowest BCUT2D eigenvalue weighted by Crippen LogP contribution is -2.14. The van der Waals surface area contributed by atoms with Crippen molar-refractivity contribution in [2.75, 3.05) is 17.4 Å². The molecule has 1 amide bonds. The highest BCUT2D eigenvalue weighted by atomic mass is 16.7. The fourth-order valence-corrected chi connectivity index (χ4v) is 2.82. The highest BCUT2D eigenvalue weighted by molar-refractivity contribution is 6.02. The number of hydrogen-bond acceptors (Lipinski definition) is 6. The summed E-state index contributed by atoms with van der Waals surface area (Å²) in [7, 11) is 0. The van der Waals surface area contributed by atoms with Crippen LogP contribution in [0.25, 0.3) is 0 Å². The Morgan fingerprint density at radius 3 is 2.52 bits per heavy atom. The number of nitrogens with one attached hydrogen (secondary N) is 2. The summed E-state index contributed by atoms with van der Waals surface area (Å²) >= 11 is 0. The number of amides is 1. The minimum Gasteiger partial charge on any atom is -0.454 e. The van der Waals surface area contributed by atoms with E-state index in [1.165, 1.54) is 6.20 Å². The first-order chi connectivity index (χ1) is 13.1. The molecule has 0 saturated heterocycles. The molecular weight excluding hydrogens is 344 g/mol. The van der Waals surface area contributed by atoms with Crippen LogP contribution in [0.2, 0.25) is 0 Å². The molecule has 7 heteroatoms. The van der Waals surface area contributed by atoms with Crippen LogP contribution >= 0.6 is 0 Å². The Hall–Kier alpha value is -3.61. The molecule has 1 aliphatic rings. The van der Waals surface area contributed by atoms with Crippen LogP contribution < -0.4 is 20.1 Å². The highest BCUT2D eigenvalue weighted by Crippen LogP contribution is 2.34. The molecule has 0 saturated carbocycles. The third kappa shape index (κ3) is 3.52. The Morgan fingerprint density at radius 1 is 1.00 bits per heavy atom. The lowest BCUT2D eigenvalue weighted by molar-refractivity contribution is 0.102. The third-order valence-electron chi connectivity index (χ3n) is 4.25. The molecule has 0 spiro atoms. The maximum Gasteiger partial charge on any atom is 0.275 e. The molecule has 0 fully saturated rings. The molecule has 0 radical (unpaired) electrons. The third-order valence-corrected chi connectivity index (χ3v) is 4.25. The molecule has 0 aliphatic carbocycles. The number of anilines is 3. The van der Waals surface area contributed by atoms with Gasteiger partial charge < -0.3 is 20.1 Å². The van der Waals surface area contributed by atoms with Gasteiger partial charge in [0, 0.05) is 17.4 Å². The average molecular weight is 362 g/mol. The van der Waals surface area contributed by atoms with Crippen molar-refractivity contribution in [1.82, 2.24) is 9.97 Å². The molecule has 1 aromatic heterocycles. The van der Waals surface area contributed by atoms with Gasteiger partial charge >= 0.3 is 0 Å². The molecule has 2 heterocycles. The van der Waals surface area contributed by atoms with Crippen molar-refractivity contribution in [3.8, 4) is 11.5 Å². The maximum absolute atomic E-state index is 12.4. The first-order valence-corrected chi connectivity index (χ1v) is 8.46. The number of benzene rings is 2. The lowest BCUT2D eigenvalue weighted by atomic mass is 10.1. The molecule has 7 nitrogen and oxygen atoms in total. The zero-order valence-electron chi connectivity index (χ0n) is 14.9. The van der Waals surface area contributed by atoms with E-state index in [1.807, 2.05) is 32.0 Å². The first kappa shape index (κ1) is 16.8. The second kappa shape index (κ2) is 6.95. The van der Waals surface area contributed by atoms with E-state index in [0.29, 0.717) is 23.0 Å². The monoisotopic (exact) mass is 362 g/mol. The Morgan fingerprint density at radius 2 is 1.78 bits per heavy atom. The molecule has 3 aromatic rings. The van der Waals surface area contributed by atoms with E-state index in [9.17, 15) is 4.79 Å². The average Bonchev–Trinajstić information content (AvgIpc) is 3.13. The van der Waals surface area contributed by atoms with E-state index in [0.717, 1.165) is 16.8 Å². The van der Waals surface area contributed by atoms with E-state index in [-0.39, 0.29) is 18.4 Å². The second-order valence-electron chi connectivity index (χ2n) is 6.20. The van der Waals surface area contributed by atoms with E-state index in [4.69, 9.17) is 9.47 Å². The fourth-order valence-electron chi connectivity index (χ4n) is 2.82. The Labute approximate surface area is 156 Å². The molecule has 2 N–H and O–H groups in total. The predicted molar refractivity (Wildman–Crippen MR) is 102 cm³/mol. The van der Waals surface area contributed by atoms with Crippen LogP contribution in [0.15, 0.2) is 48.8 Å². The summed E-state index contributed by atoms with van der Waals surface area (Å²) in [6.07, 6.45) is 2.98. The number of aromatic nitrogens is 2. The van der Waals surface area contributed by atoms with Gasteiger partial charge in [0.1, 0.15) is 11.5 Å². The van der Waals surface area contributed by atoms with Gasteiger partial charge in [-0.25, -0.2) is 9.97 Å². The number of ether oxygens (including phenoxy) is 2. The van der Waals surface area contributed by atoms with Gasteiger partial charge in [-0.1, -0.05) is 18.2 Å². The topological polar surface area (TPSA) is 85.4 Å². The van der Waals surface area contributed by atoms with Crippen molar-refractivity contribution in [3.63, 3.8) is 0 Å². The van der Waals surface area contributed by atoms with Crippen LogP contribution in [0, 0.1) is 13.8 Å². The van der Waals surface area contributed by atoms with Gasteiger partial charge in [0.25, 0.3) is 5.91 Å². The first-order valence-electron chi connectivity index (χ1n) is 8.46. The Kier molecular flexibility index (Phi) is 4.33. The second-order valence-corrected chi connectivity index (χ2v) is 6.20. The van der Waals surface area contributed by atoms with E-state index >= 15 is 0 Å². The number of carbonyl (C=O) groups is 1. The standard InChI is InChI=1S/C20H18N4O3/c1-12-4-3-5-13(2)19(12)24-18-10-21-15(9-22-18)20(25)23-14-6-7-16-17(8-14)27-11-26-16/h3-10H,11H2,1-2H3,(H,22,24)(H,23,25). The van der Waals surface area contributed by atoms with Crippen molar-refractivity contribution in [3.05, 3.63) is 65.6 Å². The summed E-state index contributed by atoms with van der Waals surface area (Å²) in [4.78, 5) is 20.9. The zero-order chi connectivity index (χ0) is 18.8. The molecular formula is C20H18N4O3. The number of aryl methyl sites for hydroxylation is 2. The smallest absolute Gasteiger partial charge is 0.275 e. The Balaban J connectivity index is 1.46. The normalized spacial score (nSPS) is 11.9. The number of fused-ring (bicyclic) bond motifs is 1. The van der Waals surface area contributed by atoms with Crippen molar-refractivity contribution in [2.24, 2.45) is 0 Å². The number of para-hydroxylation sites is 1. The molecule has 0 atom stereocenters. The minimum atomic E-state index is -0.347. The van der Waals surface area contributed by atoms with Gasteiger partial charge in [0.05, 0.1) is 12.4 Å². The summed E-state index contributed by atoms with van der Waals surface area (Å²) in [5.74, 6) is 1.49. The van der Waals surface area contributed by atoms with Gasteiger partial charge in [-0.15, -0.1) is 0 Å². The summed E-state index contributed by atoms with van der Waals surface area (Å²) < 4.78 is 10.6. The summed E-state index contributed by atoms with van der Waals surface area (Å²) in [5.41, 5.74) is 4.04. The number of rotatable bonds is 4. The van der Waals surface area contributed by atoms with Crippen LogP contribution in [0.5, 0.6) is 11.5 Å². The maximum atomic E-state index is 12.4. The summed E-state index contributed by atoms with van der Waals surface area (Å²) in [5, 5.41) is 6.03. The number of nitrogens with zero attached hydrogens (tertiary/aromatic N) is 2. The van der Waals surface area contributed by atoms with Crippen LogP contribution in [0.4, 0.5) is 17.2 Å². The van der Waals surface area contributed by atoms with E-state index in [2.05, 4.69) is 20.6 Å². The van der Waals surface area contributed by atoms with Crippen molar-refractivity contribution in [1.29, 1.82) is 0 Å². The van der Waals surface area contributed by atoms with E-state index < -0.39 is 0 Å². The SMILES string of the molecule is Cc1cccc(C)c1Nc1cnc(C(=O)Nc2ccc3c(c2)OCO3)cn1. The molecule has 0 unspecified atom stereocenters. The van der Waals surface area contributed by atoms with Crippen LogP contribution in [-0.2, 0) is 0 Å². The van der Waals surface area contributed by atoms with Crippen molar-refractivity contribution < 1.29 is 14.3 Å². The largest absolute Gasteiger partial charge is 0.454 e. The highest BCUT2D eigenvalue weighted by Gasteiger charge is 2.15. The lowest BCUT2D eigenvalue weighted by Gasteiger charge is -2.12. The van der Waals surface area contributed by atoms with Gasteiger partial charge in [0.2, 0.25) is 6.79 Å². The Bertz CT molecular complexity index is 982. The number of hydrogen-bond donors (Lipinski definition) is 2. The van der Waals surface area contributed by atoms with Crippen molar-refractivity contribution in [2.45, 2.75) is 13.8 Å². The number of carbonyl (C=O) groups excluding carboxylic acids is 1. The van der Waals surface area contributed by atoms with E-state index in [1.54, 1.807) is 24.4 Å². The fraction of sp³-hybridized carbons (Fsp3) is 0.150. The van der Waals surface area contributed by atoms with Crippen LogP contribution in [0.3, 0.4) is 0 Å². The molecule has 4 rings (SSSR count). The van der Waals surface area contributed by atoms with Gasteiger partial charge in [-0.2, -0.15) is 0 Å². The van der Waals surface area contributed by atoms with Crippen LogP contribution in [-0.4, -0.2) is 22.7 Å². The van der Waals surface area contributed by atoms with Crippen molar-refractivity contribution >= 4 is 23.1 Å².